The molecule has 0 radical (unpaired) electrons. The fourth-order valence-corrected chi connectivity index (χ4v) is 2.17. The van der Waals surface area contributed by atoms with Crippen LogP contribution < -0.4 is 10.1 Å². The molecular weight excluding hydrogens is 328 g/mol. The molecule has 0 aromatic carbocycles. The van der Waals surface area contributed by atoms with Crippen LogP contribution in [0.2, 0.25) is 0 Å². The lowest BCUT2D eigenvalue weighted by Gasteiger charge is -2.14. The van der Waals surface area contributed by atoms with Crippen molar-refractivity contribution in [2.24, 2.45) is 0 Å². The quantitative estimate of drug-likeness (QED) is 0.405. The van der Waals surface area contributed by atoms with E-state index in [-0.39, 0.29) is 13.1 Å². The van der Waals surface area contributed by atoms with Crippen LogP contribution in [0, 0.1) is 0 Å². The average Bonchev–Trinajstić information content (AvgIpc) is 2.79. The van der Waals surface area contributed by atoms with Gasteiger partial charge in [0, 0.05) is 25.4 Å². The molecule has 1 saturated heterocycles. The molecule has 2 rings (SSSR count). The zero-order valence-corrected chi connectivity index (χ0v) is 13.7. The molecule has 1 fully saturated rings. The van der Waals surface area contributed by atoms with E-state index in [1.54, 1.807) is 18.3 Å². The van der Waals surface area contributed by atoms with Crippen molar-refractivity contribution < 1.29 is 23.9 Å². The van der Waals surface area contributed by atoms with Gasteiger partial charge in [-0.1, -0.05) is 6.08 Å². The molecule has 132 valence electrons. The Bertz CT molecular complexity index is 718. The lowest BCUT2D eigenvalue weighted by Crippen LogP contribution is -2.41. The first-order valence-corrected chi connectivity index (χ1v) is 7.60. The monoisotopic (exact) mass is 346 g/mol. The number of hydrogen-bond acceptors (Lipinski definition) is 6. The Kier molecular flexibility index (Phi) is 5.83. The molecule has 0 unspecified atom stereocenters. The van der Waals surface area contributed by atoms with Gasteiger partial charge in [-0.15, -0.1) is 6.58 Å². The molecule has 1 aromatic heterocycles. The van der Waals surface area contributed by atoms with E-state index >= 15 is 0 Å². The lowest BCUT2D eigenvalue weighted by molar-refractivity contribution is -0.143. The number of hydrogen-bond donors (Lipinski definition) is 1. The Balaban J connectivity index is 1.93. The van der Waals surface area contributed by atoms with E-state index in [0.29, 0.717) is 17.4 Å². The molecule has 2 heterocycles. The largest absolute Gasteiger partial charge is 0.478 e. The fraction of sp³-hybridized carbons (Fsp3) is 0.312. The van der Waals surface area contributed by atoms with Crippen molar-refractivity contribution in [3.63, 3.8) is 0 Å². The minimum absolute atomic E-state index is 0.0846. The maximum atomic E-state index is 12.0. The molecule has 0 bridgehead atoms. The second-order valence-electron chi connectivity index (χ2n) is 5.09. The van der Waals surface area contributed by atoms with Gasteiger partial charge in [-0.05, 0) is 18.6 Å². The Hall–Kier alpha value is -3.23. The third kappa shape index (κ3) is 4.19. The predicted octanol–water partition coefficient (Wildman–Crippen LogP) is 0.0733. The highest BCUT2D eigenvalue weighted by Gasteiger charge is 2.44. The number of amides is 5. The molecule has 1 N–H and O–H groups in total. The first-order chi connectivity index (χ1) is 12.0. The smallest absolute Gasteiger partial charge is 0.335 e. The number of aromatic nitrogens is 1. The van der Waals surface area contributed by atoms with E-state index in [9.17, 15) is 19.2 Å². The van der Waals surface area contributed by atoms with Gasteiger partial charge in [0.1, 0.15) is 6.54 Å². The SMILES string of the molecule is C=CCN1C(=O)C(=O)N(CC(=O)NCc2ccnc(OCC)c2)C1=O. The molecule has 0 atom stereocenters. The third-order valence-electron chi connectivity index (χ3n) is 3.33. The van der Waals surface area contributed by atoms with Crippen LogP contribution in [-0.2, 0) is 20.9 Å². The number of nitrogens with zero attached hydrogens (tertiary/aromatic N) is 3. The maximum Gasteiger partial charge on any atom is 0.335 e. The summed E-state index contributed by atoms with van der Waals surface area (Å²) >= 11 is 0. The first-order valence-electron chi connectivity index (χ1n) is 7.60. The van der Waals surface area contributed by atoms with Crippen molar-refractivity contribution >= 4 is 23.8 Å². The van der Waals surface area contributed by atoms with Gasteiger partial charge in [0.25, 0.3) is 0 Å². The number of rotatable bonds is 8. The zero-order valence-electron chi connectivity index (χ0n) is 13.7. The van der Waals surface area contributed by atoms with Crippen LogP contribution in [-0.4, -0.2) is 58.2 Å². The van der Waals surface area contributed by atoms with Crippen LogP contribution in [0.1, 0.15) is 12.5 Å². The highest BCUT2D eigenvalue weighted by Crippen LogP contribution is 2.12. The number of imide groups is 2. The molecule has 1 aliphatic rings. The van der Waals surface area contributed by atoms with Crippen LogP contribution in [0.3, 0.4) is 0 Å². The van der Waals surface area contributed by atoms with E-state index in [1.807, 2.05) is 6.92 Å². The van der Waals surface area contributed by atoms with Gasteiger partial charge in [0.2, 0.25) is 11.8 Å². The zero-order chi connectivity index (χ0) is 18.4. The molecule has 0 aliphatic carbocycles. The van der Waals surface area contributed by atoms with Gasteiger partial charge in [-0.3, -0.25) is 19.3 Å². The summed E-state index contributed by atoms with van der Waals surface area (Å²) in [6.45, 7) is 5.27. The maximum absolute atomic E-state index is 12.0. The Morgan fingerprint density at radius 1 is 1.32 bits per heavy atom. The summed E-state index contributed by atoms with van der Waals surface area (Å²) in [4.78, 5) is 52.8. The van der Waals surface area contributed by atoms with Crippen molar-refractivity contribution in [3.8, 4) is 5.88 Å². The summed E-state index contributed by atoms with van der Waals surface area (Å²) in [5.74, 6) is -2.12. The van der Waals surface area contributed by atoms with Crippen molar-refractivity contribution in [2.75, 3.05) is 19.7 Å². The van der Waals surface area contributed by atoms with Crippen LogP contribution in [0.5, 0.6) is 5.88 Å². The number of ether oxygens (including phenoxy) is 1. The molecule has 25 heavy (non-hydrogen) atoms. The van der Waals surface area contributed by atoms with Crippen molar-refractivity contribution in [1.82, 2.24) is 20.1 Å². The normalized spacial score (nSPS) is 14.0. The Labute approximate surface area is 144 Å². The summed E-state index contributed by atoms with van der Waals surface area (Å²) in [5.41, 5.74) is 0.746. The number of carbonyl (C=O) groups is 4. The topological polar surface area (TPSA) is 109 Å². The summed E-state index contributed by atoms with van der Waals surface area (Å²) < 4.78 is 5.26. The molecule has 1 aliphatic heterocycles. The standard InChI is InChI=1S/C16H18N4O5/c1-3-7-19-14(22)15(23)20(16(19)24)10-12(21)18-9-11-5-6-17-13(8-11)25-4-2/h3,5-6,8H,1,4,7,9-10H2,2H3,(H,18,21). The highest BCUT2D eigenvalue weighted by atomic mass is 16.5. The van der Waals surface area contributed by atoms with Crippen LogP contribution in [0.15, 0.2) is 31.0 Å². The number of urea groups is 1. The molecule has 0 saturated carbocycles. The van der Waals surface area contributed by atoms with Crippen LogP contribution in [0.4, 0.5) is 4.79 Å². The van der Waals surface area contributed by atoms with Gasteiger partial charge >= 0.3 is 17.8 Å². The summed E-state index contributed by atoms with van der Waals surface area (Å²) in [5, 5.41) is 2.58. The first kappa shape index (κ1) is 18.1. The summed E-state index contributed by atoms with van der Waals surface area (Å²) in [7, 11) is 0. The van der Waals surface area contributed by atoms with Gasteiger partial charge in [-0.2, -0.15) is 0 Å². The second kappa shape index (κ2) is 8.04. The van der Waals surface area contributed by atoms with Crippen molar-refractivity contribution in [2.45, 2.75) is 13.5 Å². The predicted molar refractivity (Wildman–Crippen MR) is 86.3 cm³/mol. The van der Waals surface area contributed by atoms with E-state index in [4.69, 9.17) is 4.74 Å². The molecule has 5 amide bonds. The van der Waals surface area contributed by atoms with E-state index < -0.39 is 30.3 Å². The number of pyridine rings is 1. The van der Waals surface area contributed by atoms with E-state index in [1.165, 1.54) is 6.08 Å². The second-order valence-corrected chi connectivity index (χ2v) is 5.09. The Morgan fingerprint density at radius 3 is 2.72 bits per heavy atom. The van der Waals surface area contributed by atoms with Crippen LogP contribution >= 0.6 is 0 Å². The fourth-order valence-electron chi connectivity index (χ4n) is 2.17. The average molecular weight is 346 g/mol. The highest BCUT2D eigenvalue weighted by molar-refractivity contribution is 6.45. The number of nitrogens with one attached hydrogen (secondary N) is 1. The number of carbonyl (C=O) groups excluding carboxylic acids is 4. The van der Waals surface area contributed by atoms with Gasteiger partial charge in [0.15, 0.2) is 0 Å². The molecular formula is C16H18N4O5. The van der Waals surface area contributed by atoms with Crippen molar-refractivity contribution in [1.29, 1.82) is 0 Å². The molecule has 0 spiro atoms. The van der Waals surface area contributed by atoms with Gasteiger partial charge in [-0.25, -0.2) is 14.7 Å². The van der Waals surface area contributed by atoms with Gasteiger partial charge in [0.05, 0.1) is 6.61 Å². The third-order valence-corrected chi connectivity index (χ3v) is 3.33. The Morgan fingerprint density at radius 2 is 2.04 bits per heavy atom. The summed E-state index contributed by atoms with van der Waals surface area (Å²) in [6, 6.07) is 2.54. The van der Waals surface area contributed by atoms with Crippen molar-refractivity contribution in [3.05, 3.63) is 36.5 Å². The minimum atomic E-state index is -1.02. The molecule has 9 heteroatoms. The summed E-state index contributed by atoms with van der Waals surface area (Å²) in [6.07, 6.45) is 2.87. The van der Waals surface area contributed by atoms with E-state index in [0.717, 1.165) is 10.5 Å². The van der Waals surface area contributed by atoms with E-state index in [2.05, 4.69) is 16.9 Å². The molecule has 9 nitrogen and oxygen atoms in total. The molecule has 1 aromatic rings. The van der Waals surface area contributed by atoms with Crippen LogP contribution in [0.25, 0.3) is 0 Å². The van der Waals surface area contributed by atoms with Gasteiger partial charge < -0.3 is 10.1 Å². The lowest BCUT2D eigenvalue weighted by atomic mass is 10.2. The minimum Gasteiger partial charge on any atom is -0.478 e.